The zero-order valence-corrected chi connectivity index (χ0v) is 15.4. The Morgan fingerprint density at radius 1 is 1.30 bits per heavy atom. The van der Waals surface area contributed by atoms with Crippen LogP contribution in [0.15, 0.2) is 30.3 Å². The Balaban J connectivity index is 0.00000126. The molecule has 1 atom stereocenters. The topological polar surface area (TPSA) is 63.5 Å². The second kappa shape index (κ2) is 8.47. The highest BCUT2D eigenvalue weighted by molar-refractivity contribution is 5.95. The molecule has 2 heterocycles. The van der Waals surface area contributed by atoms with Gasteiger partial charge in [-0.15, -0.1) is 13.2 Å². The highest BCUT2D eigenvalue weighted by Crippen LogP contribution is 2.34. The molecule has 0 fully saturated rings. The summed E-state index contributed by atoms with van der Waals surface area (Å²) in [6.45, 7) is 6.18. The largest absolute Gasteiger partial charge is 0.573 e. The van der Waals surface area contributed by atoms with Gasteiger partial charge in [0.25, 0.3) is 5.91 Å². The number of carbonyl (C=O) groups excluding carboxylic acids is 1. The maximum absolute atomic E-state index is 12.4. The summed E-state index contributed by atoms with van der Waals surface area (Å²) in [5, 5.41) is 12.0. The minimum Gasteiger partial charge on any atom is -0.406 e. The first-order chi connectivity index (χ1) is 12.8. The fourth-order valence-corrected chi connectivity index (χ4v) is 3.19. The number of amides is 1. The molecule has 5 nitrogen and oxygen atoms in total. The molecular weight excluding hydrogens is 361 g/mol. The summed E-state index contributed by atoms with van der Waals surface area (Å²) in [6, 6.07) is 7.21. The van der Waals surface area contributed by atoms with E-state index in [0.717, 1.165) is 5.69 Å². The molecule has 27 heavy (non-hydrogen) atoms. The maximum Gasteiger partial charge on any atom is 0.573 e. The molecule has 0 saturated carbocycles. The van der Waals surface area contributed by atoms with Gasteiger partial charge in [-0.2, -0.15) is 0 Å². The number of nitrogens with one attached hydrogen (secondary N) is 1. The van der Waals surface area contributed by atoms with Gasteiger partial charge in [0.1, 0.15) is 11.4 Å². The van der Waals surface area contributed by atoms with Gasteiger partial charge >= 0.3 is 6.36 Å². The molecule has 0 spiro atoms. The number of aliphatic hydroxyl groups is 1. The van der Waals surface area contributed by atoms with Gasteiger partial charge in [0.05, 0.1) is 6.04 Å². The third-order valence-electron chi connectivity index (χ3n) is 4.23. The van der Waals surface area contributed by atoms with Crippen molar-refractivity contribution in [2.75, 3.05) is 13.2 Å². The Labute approximate surface area is 155 Å². The zero-order chi connectivity index (χ0) is 20.2. The predicted molar refractivity (Wildman–Crippen MR) is 95.7 cm³/mol. The summed E-state index contributed by atoms with van der Waals surface area (Å²) < 4.78 is 43.1. The normalized spacial score (nSPS) is 16.1. The van der Waals surface area contributed by atoms with Crippen molar-refractivity contribution in [3.05, 3.63) is 41.7 Å². The Bertz CT molecular complexity index is 800. The molecule has 0 radical (unpaired) electrons. The van der Waals surface area contributed by atoms with Crippen molar-refractivity contribution in [3.8, 4) is 16.9 Å². The quantitative estimate of drug-likeness (QED) is 0.836. The van der Waals surface area contributed by atoms with Gasteiger partial charge < -0.3 is 19.7 Å². The van der Waals surface area contributed by atoms with Crippen LogP contribution in [0.5, 0.6) is 5.75 Å². The highest BCUT2D eigenvalue weighted by atomic mass is 19.4. The minimum absolute atomic E-state index is 0.0260. The van der Waals surface area contributed by atoms with Crippen LogP contribution in [0.4, 0.5) is 13.2 Å². The van der Waals surface area contributed by atoms with Crippen LogP contribution in [0.25, 0.3) is 11.1 Å². The van der Waals surface area contributed by atoms with E-state index in [0.29, 0.717) is 29.8 Å². The lowest BCUT2D eigenvalue weighted by atomic mass is 10.1. The molecule has 1 aliphatic heterocycles. The van der Waals surface area contributed by atoms with E-state index >= 15 is 0 Å². The van der Waals surface area contributed by atoms with Crippen molar-refractivity contribution >= 4 is 5.91 Å². The minimum atomic E-state index is -4.76. The number of hydrogen-bond acceptors (Lipinski definition) is 3. The van der Waals surface area contributed by atoms with Crippen molar-refractivity contribution in [1.82, 2.24) is 9.88 Å². The Morgan fingerprint density at radius 2 is 2.00 bits per heavy atom. The second-order valence-corrected chi connectivity index (χ2v) is 5.85. The number of hydrogen-bond donors (Lipinski definition) is 2. The SMILES string of the molecule is CC.Cc1c(-c2cccc(OC(F)(F)F)c2)cc2n1C(CCO)CNC2=O. The molecule has 1 aromatic heterocycles. The average Bonchev–Trinajstić information content (AvgIpc) is 2.97. The lowest BCUT2D eigenvalue weighted by molar-refractivity contribution is -0.274. The third kappa shape index (κ3) is 4.63. The van der Waals surface area contributed by atoms with Crippen LogP contribution >= 0.6 is 0 Å². The number of rotatable bonds is 4. The monoisotopic (exact) mass is 384 g/mol. The Morgan fingerprint density at radius 3 is 2.63 bits per heavy atom. The number of carbonyl (C=O) groups is 1. The summed E-state index contributed by atoms with van der Waals surface area (Å²) in [7, 11) is 0. The van der Waals surface area contributed by atoms with Crippen LogP contribution < -0.4 is 10.1 Å². The van der Waals surface area contributed by atoms with Crippen molar-refractivity contribution in [1.29, 1.82) is 0 Å². The number of halogens is 3. The number of aliphatic hydroxyl groups excluding tert-OH is 1. The molecule has 8 heteroatoms. The van der Waals surface area contributed by atoms with E-state index in [9.17, 15) is 23.1 Å². The summed E-state index contributed by atoms with van der Waals surface area (Å²) in [5.41, 5.74) is 2.37. The molecule has 2 aromatic rings. The van der Waals surface area contributed by atoms with Crippen molar-refractivity contribution in [2.24, 2.45) is 0 Å². The number of fused-ring (bicyclic) bond motifs is 1. The number of benzene rings is 1. The Hall–Kier alpha value is -2.48. The van der Waals surface area contributed by atoms with Gasteiger partial charge in [0.15, 0.2) is 0 Å². The van der Waals surface area contributed by atoms with Crippen LogP contribution in [0.2, 0.25) is 0 Å². The zero-order valence-electron chi connectivity index (χ0n) is 15.4. The van der Waals surface area contributed by atoms with Gasteiger partial charge in [0.2, 0.25) is 0 Å². The van der Waals surface area contributed by atoms with Gasteiger partial charge in [-0.1, -0.05) is 26.0 Å². The van der Waals surface area contributed by atoms with E-state index in [2.05, 4.69) is 10.1 Å². The van der Waals surface area contributed by atoms with Crippen molar-refractivity contribution in [2.45, 2.75) is 39.6 Å². The molecule has 1 aliphatic rings. The lowest BCUT2D eigenvalue weighted by Gasteiger charge is -2.27. The number of ether oxygens (including phenoxy) is 1. The van der Waals surface area contributed by atoms with Crippen molar-refractivity contribution < 1.29 is 27.8 Å². The summed E-state index contributed by atoms with van der Waals surface area (Å²) in [6.07, 6.45) is -4.29. The number of nitrogens with zero attached hydrogens (tertiary/aromatic N) is 1. The first-order valence-corrected chi connectivity index (χ1v) is 8.77. The smallest absolute Gasteiger partial charge is 0.406 e. The van der Waals surface area contributed by atoms with Crippen molar-refractivity contribution in [3.63, 3.8) is 0 Å². The second-order valence-electron chi connectivity index (χ2n) is 5.85. The molecule has 148 valence electrons. The first-order valence-electron chi connectivity index (χ1n) is 8.77. The summed E-state index contributed by atoms with van der Waals surface area (Å²) in [5.74, 6) is -0.559. The molecular formula is C19H23F3N2O3. The van der Waals surface area contributed by atoms with Gasteiger partial charge in [-0.25, -0.2) is 0 Å². The Kier molecular flexibility index (Phi) is 6.54. The first kappa shape index (κ1) is 20.8. The average molecular weight is 384 g/mol. The van der Waals surface area contributed by atoms with E-state index < -0.39 is 6.36 Å². The molecule has 0 aliphatic carbocycles. The molecule has 1 aromatic carbocycles. The molecule has 1 unspecified atom stereocenters. The molecule has 0 saturated heterocycles. The van der Waals surface area contributed by atoms with E-state index in [-0.39, 0.29) is 24.3 Å². The third-order valence-corrected chi connectivity index (χ3v) is 4.23. The maximum atomic E-state index is 12.4. The molecule has 1 amide bonds. The molecule has 2 N–H and O–H groups in total. The van der Waals surface area contributed by atoms with Crippen LogP contribution in [0.3, 0.4) is 0 Å². The fraction of sp³-hybridized carbons (Fsp3) is 0.421. The predicted octanol–water partition coefficient (Wildman–Crippen LogP) is 4.06. The summed E-state index contributed by atoms with van der Waals surface area (Å²) in [4.78, 5) is 12.1. The van der Waals surface area contributed by atoms with Gasteiger partial charge in [0, 0.05) is 24.4 Å². The van der Waals surface area contributed by atoms with Crippen LogP contribution in [0, 0.1) is 6.92 Å². The van der Waals surface area contributed by atoms with Gasteiger partial charge in [-0.05, 0) is 37.1 Å². The summed E-state index contributed by atoms with van der Waals surface area (Å²) >= 11 is 0. The van der Waals surface area contributed by atoms with Gasteiger partial charge in [-0.3, -0.25) is 4.79 Å². The van der Waals surface area contributed by atoms with E-state index in [4.69, 9.17) is 0 Å². The standard InChI is InChI=1S/C17H17F3N2O3.C2H6/c1-10-14(11-3-2-4-13(7-11)25-17(18,19)20)8-15-16(24)21-9-12(5-6-23)22(10)15;1-2/h2-4,7-8,12,23H,5-6,9H2,1H3,(H,21,24);1-2H3. The fourth-order valence-electron chi connectivity index (χ4n) is 3.19. The highest BCUT2D eigenvalue weighted by Gasteiger charge is 2.32. The number of alkyl halides is 3. The van der Waals surface area contributed by atoms with Crippen LogP contribution in [-0.2, 0) is 0 Å². The van der Waals surface area contributed by atoms with E-state index in [1.807, 2.05) is 18.4 Å². The molecule has 3 rings (SSSR count). The number of aromatic nitrogens is 1. The molecule has 0 bridgehead atoms. The van der Waals surface area contributed by atoms with E-state index in [1.165, 1.54) is 18.2 Å². The van der Waals surface area contributed by atoms with Crippen LogP contribution in [-0.4, -0.2) is 35.1 Å². The van der Waals surface area contributed by atoms with E-state index in [1.54, 1.807) is 19.1 Å². The van der Waals surface area contributed by atoms with Crippen LogP contribution in [0.1, 0.15) is 42.5 Å². The lowest BCUT2D eigenvalue weighted by Crippen LogP contribution is -2.39.